The highest BCUT2D eigenvalue weighted by Crippen LogP contribution is 2.22. The topological polar surface area (TPSA) is 55.4 Å². The molecule has 0 radical (unpaired) electrons. The van der Waals surface area contributed by atoms with E-state index >= 15 is 0 Å². The summed E-state index contributed by atoms with van der Waals surface area (Å²) in [5.41, 5.74) is 1.34. The number of alkyl carbamates (subject to hydrolysis) is 1. The Balaban J connectivity index is 1.50. The normalized spacial score (nSPS) is 20.7. The van der Waals surface area contributed by atoms with Crippen LogP contribution in [0.1, 0.15) is 38.2 Å². The van der Waals surface area contributed by atoms with Gasteiger partial charge in [0.15, 0.2) is 5.78 Å². The van der Waals surface area contributed by atoms with Gasteiger partial charge in [-0.3, -0.25) is 4.79 Å². The zero-order valence-corrected chi connectivity index (χ0v) is 12.5. The molecule has 0 aromatic heterocycles. The third-order valence-electron chi connectivity index (χ3n) is 3.90. The minimum atomic E-state index is -0.469. The second-order valence-corrected chi connectivity index (χ2v) is 5.70. The van der Waals surface area contributed by atoms with Crippen molar-refractivity contribution in [2.75, 3.05) is 6.61 Å². The molecule has 0 unspecified atom stereocenters. The van der Waals surface area contributed by atoms with E-state index in [0.717, 1.165) is 25.7 Å². The van der Waals surface area contributed by atoms with Crippen LogP contribution in [0.3, 0.4) is 0 Å². The number of unbranched alkanes of at least 4 members (excludes halogenated alkanes) is 2. The van der Waals surface area contributed by atoms with Gasteiger partial charge in [-0.25, -0.2) is 4.79 Å². The molecule has 1 N–H and O–H groups in total. The van der Waals surface area contributed by atoms with Gasteiger partial charge < -0.3 is 10.1 Å². The molecule has 1 aromatic rings. The first-order valence-electron chi connectivity index (χ1n) is 7.67. The van der Waals surface area contributed by atoms with Crippen molar-refractivity contribution in [1.82, 2.24) is 5.32 Å². The Morgan fingerprint density at radius 1 is 1.24 bits per heavy atom. The van der Waals surface area contributed by atoms with Gasteiger partial charge in [0, 0.05) is 6.42 Å². The van der Waals surface area contributed by atoms with Crippen LogP contribution >= 0.6 is 0 Å². The Labute approximate surface area is 125 Å². The predicted molar refractivity (Wildman–Crippen MR) is 81.1 cm³/mol. The first kappa shape index (κ1) is 15.5. The smallest absolute Gasteiger partial charge is 0.407 e. The number of hydrogen-bond donors (Lipinski definition) is 1. The van der Waals surface area contributed by atoms with Crippen molar-refractivity contribution in [2.45, 2.75) is 45.1 Å². The summed E-state index contributed by atoms with van der Waals surface area (Å²) in [6.07, 6.45) is 4.12. The van der Waals surface area contributed by atoms with Crippen molar-refractivity contribution < 1.29 is 14.3 Å². The maximum Gasteiger partial charge on any atom is 0.407 e. The van der Waals surface area contributed by atoms with Crippen LogP contribution in [0.2, 0.25) is 0 Å². The number of carbonyl (C=O) groups is 2. The van der Waals surface area contributed by atoms with E-state index in [-0.39, 0.29) is 17.7 Å². The van der Waals surface area contributed by atoms with Crippen LogP contribution in [0.25, 0.3) is 0 Å². The zero-order chi connectivity index (χ0) is 15.1. The van der Waals surface area contributed by atoms with E-state index in [2.05, 4.69) is 17.4 Å². The van der Waals surface area contributed by atoms with E-state index in [4.69, 9.17) is 4.74 Å². The van der Waals surface area contributed by atoms with Crippen molar-refractivity contribution in [2.24, 2.45) is 5.92 Å². The predicted octanol–water partition coefficient (Wildman–Crippen LogP) is 3.10. The van der Waals surface area contributed by atoms with Crippen LogP contribution in [-0.2, 0) is 16.0 Å². The number of Topliss-reactive ketones (excluding diaryl/α,β-unsaturated/α-hetero) is 1. The summed E-state index contributed by atoms with van der Waals surface area (Å²) in [6, 6.07) is 10.0. The number of carbonyl (C=O) groups excluding carboxylic acids is 2. The fraction of sp³-hybridized carbons (Fsp3) is 0.529. The van der Waals surface area contributed by atoms with E-state index < -0.39 is 6.09 Å². The van der Waals surface area contributed by atoms with Gasteiger partial charge in [-0.2, -0.15) is 0 Å². The highest BCUT2D eigenvalue weighted by atomic mass is 16.5. The Morgan fingerprint density at radius 3 is 2.67 bits per heavy atom. The minimum absolute atomic E-state index is 0.0994. The third kappa shape index (κ3) is 4.88. The van der Waals surface area contributed by atoms with Crippen molar-refractivity contribution in [3.05, 3.63) is 35.9 Å². The number of amides is 1. The van der Waals surface area contributed by atoms with Crippen molar-refractivity contribution in [3.8, 4) is 0 Å². The molecule has 2 atom stereocenters. The number of nitrogens with one attached hydrogen (secondary N) is 1. The summed E-state index contributed by atoms with van der Waals surface area (Å²) in [5.74, 6) is 0.332. The average Bonchev–Trinajstić information content (AvgIpc) is 2.49. The molecular weight excluding hydrogens is 266 g/mol. The number of benzene rings is 1. The van der Waals surface area contributed by atoms with Gasteiger partial charge in [0.1, 0.15) is 0 Å². The molecule has 1 saturated carbocycles. The van der Waals surface area contributed by atoms with Gasteiger partial charge >= 0.3 is 6.09 Å². The van der Waals surface area contributed by atoms with Crippen molar-refractivity contribution >= 4 is 11.9 Å². The van der Waals surface area contributed by atoms with Crippen LogP contribution in [0.4, 0.5) is 4.79 Å². The molecule has 0 spiro atoms. The fourth-order valence-corrected chi connectivity index (χ4v) is 2.53. The van der Waals surface area contributed by atoms with E-state index in [1.54, 1.807) is 0 Å². The molecule has 1 aliphatic rings. The lowest BCUT2D eigenvalue weighted by molar-refractivity contribution is -0.129. The second-order valence-electron chi connectivity index (χ2n) is 5.70. The molecule has 0 saturated heterocycles. The van der Waals surface area contributed by atoms with Gasteiger partial charge in [-0.05, 0) is 37.2 Å². The SMILES string of the molecule is C[C@@H]1CC(=O)[C@H]1NC(=O)OCCCCCc1ccccc1. The van der Waals surface area contributed by atoms with E-state index in [0.29, 0.717) is 13.0 Å². The monoisotopic (exact) mass is 289 g/mol. The van der Waals surface area contributed by atoms with Crippen LogP contribution in [-0.4, -0.2) is 24.5 Å². The molecule has 1 aromatic carbocycles. The molecule has 0 heterocycles. The van der Waals surface area contributed by atoms with Gasteiger partial charge in [0.2, 0.25) is 0 Å². The number of rotatable bonds is 7. The van der Waals surface area contributed by atoms with Crippen molar-refractivity contribution in [1.29, 1.82) is 0 Å². The standard InChI is InChI=1S/C17H23NO3/c1-13-12-15(19)16(13)18-17(20)21-11-7-3-6-10-14-8-4-2-5-9-14/h2,4-5,8-9,13,16H,3,6-7,10-12H2,1H3,(H,18,20)/t13-,16+/m1/s1. The van der Waals surface area contributed by atoms with Gasteiger partial charge in [0.05, 0.1) is 12.6 Å². The lowest BCUT2D eigenvalue weighted by atomic mass is 9.80. The lowest BCUT2D eigenvalue weighted by Crippen LogP contribution is -2.53. The van der Waals surface area contributed by atoms with Gasteiger partial charge in [0.25, 0.3) is 0 Å². The zero-order valence-electron chi connectivity index (χ0n) is 12.5. The molecule has 21 heavy (non-hydrogen) atoms. The summed E-state index contributed by atoms with van der Waals surface area (Å²) in [7, 11) is 0. The second kappa shape index (κ2) is 7.81. The Bertz CT molecular complexity index is 472. The first-order chi connectivity index (χ1) is 10.2. The Kier molecular flexibility index (Phi) is 5.78. The highest BCUT2D eigenvalue weighted by Gasteiger charge is 2.37. The maximum absolute atomic E-state index is 11.5. The third-order valence-corrected chi connectivity index (χ3v) is 3.90. The molecule has 114 valence electrons. The molecule has 4 nitrogen and oxygen atoms in total. The molecule has 2 rings (SSSR count). The Morgan fingerprint density at radius 2 is 2.00 bits per heavy atom. The maximum atomic E-state index is 11.5. The minimum Gasteiger partial charge on any atom is -0.450 e. The molecule has 1 aliphatic carbocycles. The largest absolute Gasteiger partial charge is 0.450 e. The number of ketones is 1. The summed E-state index contributed by atoms with van der Waals surface area (Å²) in [4.78, 5) is 22.8. The molecule has 1 amide bonds. The molecule has 0 bridgehead atoms. The molecule has 4 heteroatoms. The first-order valence-corrected chi connectivity index (χ1v) is 7.67. The average molecular weight is 289 g/mol. The summed E-state index contributed by atoms with van der Waals surface area (Å²) < 4.78 is 5.10. The van der Waals surface area contributed by atoms with E-state index in [9.17, 15) is 9.59 Å². The van der Waals surface area contributed by atoms with Crippen LogP contribution < -0.4 is 5.32 Å². The number of ether oxygens (including phenoxy) is 1. The van der Waals surface area contributed by atoms with Crippen molar-refractivity contribution in [3.63, 3.8) is 0 Å². The van der Waals surface area contributed by atoms with Crippen LogP contribution in [0.15, 0.2) is 30.3 Å². The lowest BCUT2D eigenvalue weighted by Gasteiger charge is -2.32. The molecule has 1 fully saturated rings. The van der Waals surface area contributed by atoms with Gasteiger partial charge in [-0.15, -0.1) is 0 Å². The quantitative estimate of drug-likeness (QED) is 0.785. The summed E-state index contributed by atoms with van der Waals surface area (Å²) in [6.45, 7) is 2.37. The number of aryl methyl sites for hydroxylation is 1. The fourth-order valence-electron chi connectivity index (χ4n) is 2.53. The van der Waals surface area contributed by atoms with E-state index in [1.165, 1.54) is 5.56 Å². The molecular formula is C17H23NO3. The summed E-state index contributed by atoms with van der Waals surface area (Å²) in [5, 5.41) is 2.62. The molecule has 0 aliphatic heterocycles. The number of hydrogen-bond acceptors (Lipinski definition) is 3. The van der Waals surface area contributed by atoms with Gasteiger partial charge in [-0.1, -0.05) is 37.3 Å². The van der Waals surface area contributed by atoms with Crippen LogP contribution in [0, 0.1) is 5.92 Å². The highest BCUT2D eigenvalue weighted by molar-refractivity contribution is 5.93. The Hall–Kier alpha value is -1.84. The summed E-state index contributed by atoms with van der Waals surface area (Å²) >= 11 is 0. The van der Waals surface area contributed by atoms with Crippen LogP contribution in [0.5, 0.6) is 0 Å². The van der Waals surface area contributed by atoms with E-state index in [1.807, 2.05) is 25.1 Å².